The van der Waals surface area contributed by atoms with E-state index >= 15 is 0 Å². The number of fused-ring (bicyclic) bond motifs is 11. The van der Waals surface area contributed by atoms with Gasteiger partial charge in [0, 0.05) is 56.9 Å². The lowest BCUT2D eigenvalue weighted by Crippen LogP contribution is -2.54. The molecule has 120 heavy (non-hydrogen) atoms. The normalized spacial score (nSPS) is 20.6. The lowest BCUT2D eigenvalue weighted by Gasteiger charge is -2.50. The molecule has 2 fully saturated rings. The number of anilines is 6. The van der Waals surface area contributed by atoms with E-state index in [2.05, 4.69) is 390 Å². The second kappa shape index (κ2) is 27.8. The van der Waals surface area contributed by atoms with Crippen LogP contribution in [0.5, 0.6) is 0 Å². The summed E-state index contributed by atoms with van der Waals surface area (Å²) in [5.41, 5.74) is 29.6. The minimum absolute atomic E-state index is 0.0125. The van der Waals surface area contributed by atoms with E-state index in [0.29, 0.717) is 0 Å². The Morgan fingerprint density at radius 3 is 1.03 bits per heavy atom. The first-order valence-electron chi connectivity index (χ1n) is 44.6. The molecule has 0 amide bonds. The molecule has 5 atom stereocenters. The first-order valence-corrected chi connectivity index (χ1v) is 44.6. The molecule has 0 N–H and O–H groups in total. The van der Waals surface area contributed by atoms with E-state index in [1.54, 1.807) is 0 Å². The Balaban J connectivity index is 0.757. The fourth-order valence-electron chi connectivity index (χ4n) is 24.4. The van der Waals surface area contributed by atoms with Gasteiger partial charge in [-0.3, -0.25) is 0 Å². The third-order valence-corrected chi connectivity index (χ3v) is 30.9. The molecular weight excluding hydrogens is 1450 g/mol. The third-order valence-electron chi connectivity index (χ3n) is 30.9. The summed E-state index contributed by atoms with van der Waals surface area (Å²) in [4.78, 5) is 8.00. The maximum Gasteiger partial charge on any atom is 0.0517 e. The molecular formula is C117H101N3. The molecule has 0 radical (unpaired) electrons. The van der Waals surface area contributed by atoms with Gasteiger partial charge in [0.15, 0.2) is 0 Å². The Labute approximate surface area is 706 Å². The quantitative estimate of drug-likeness (QED) is 0.0748. The van der Waals surface area contributed by atoms with Gasteiger partial charge in [0.25, 0.3) is 0 Å². The van der Waals surface area contributed by atoms with Crippen LogP contribution in [0.3, 0.4) is 0 Å². The number of benzene rings is 18. The van der Waals surface area contributed by atoms with Crippen LogP contribution in [0.2, 0.25) is 0 Å². The zero-order chi connectivity index (χ0) is 80.4. The van der Waals surface area contributed by atoms with Crippen LogP contribution in [0.15, 0.2) is 334 Å². The van der Waals surface area contributed by atoms with Crippen molar-refractivity contribution in [1.29, 1.82) is 0 Å². The summed E-state index contributed by atoms with van der Waals surface area (Å²) in [5, 5.41) is 17.6. The molecule has 3 nitrogen and oxygen atoms in total. The third kappa shape index (κ3) is 10.7. The van der Waals surface area contributed by atoms with E-state index in [4.69, 9.17) is 0 Å². The highest BCUT2D eigenvalue weighted by Crippen LogP contribution is 2.64. The van der Waals surface area contributed by atoms with Gasteiger partial charge in [-0.25, -0.2) is 0 Å². The monoisotopic (exact) mass is 1550 g/mol. The van der Waals surface area contributed by atoms with Gasteiger partial charge < -0.3 is 14.7 Å². The lowest BCUT2D eigenvalue weighted by atomic mass is 9.61. The zero-order valence-electron chi connectivity index (χ0n) is 70.0. The summed E-state index contributed by atoms with van der Waals surface area (Å²) in [6, 6.07) is 130. The Kier molecular flexibility index (Phi) is 16.8. The minimum Gasteiger partial charge on any atom is -0.340 e. The summed E-state index contributed by atoms with van der Waals surface area (Å²) in [7, 11) is 0. The number of para-hydroxylation sites is 3. The summed E-state index contributed by atoms with van der Waals surface area (Å²) in [6.45, 7) is 16.1. The van der Waals surface area contributed by atoms with Crippen LogP contribution in [-0.2, 0) is 16.2 Å². The number of hydrogen-bond donors (Lipinski definition) is 0. The fourth-order valence-corrected chi connectivity index (χ4v) is 24.4. The van der Waals surface area contributed by atoms with Gasteiger partial charge in [-0.05, 0) is 301 Å². The predicted molar refractivity (Wildman–Crippen MR) is 513 cm³/mol. The molecule has 0 aromatic heterocycles. The van der Waals surface area contributed by atoms with Crippen molar-refractivity contribution in [1.82, 2.24) is 0 Å². The Hall–Kier alpha value is -12.6. The molecule has 3 aliphatic heterocycles. The number of nitrogens with zero attached hydrogens (tertiary/aromatic N) is 3. The molecule has 2 saturated carbocycles. The van der Waals surface area contributed by atoms with Gasteiger partial charge in [-0.15, -0.1) is 0 Å². The van der Waals surface area contributed by atoms with Crippen LogP contribution in [0, 0.1) is 0 Å². The van der Waals surface area contributed by atoms with Crippen molar-refractivity contribution in [3.8, 4) is 77.9 Å². The number of hydrogen-bond acceptors (Lipinski definition) is 3. The minimum atomic E-state index is -0.0543. The largest absolute Gasteiger partial charge is 0.340 e. The van der Waals surface area contributed by atoms with E-state index in [0.717, 1.165) is 32.2 Å². The summed E-state index contributed by atoms with van der Waals surface area (Å²) >= 11 is 0. The highest BCUT2D eigenvalue weighted by molar-refractivity contribution is 6.34. The first-order chi connectivity index (χ1) is 58.8. The average Bonchev–Trinajstić information content (AvgIpc) is 1.68. The van der Waals surface area contributed by atoms with Crippen molar-refractivity contribution in [3.63, 3.8) is 0 Å². The summed E-state index contributed by atoms with van der Waals surface area (Å²) in [6.07, 6.45) is 15.7. The molecule has 3 heterocycles. The van der Waals surface area contributed by atoms with Gasteiger partial charge in [-0.2, -0.15) is 0 Å². The Bertz CT molecular complexity index is 7170. The van der Waals surface area contributed by atoms with Crippen LogP contribution >= 0.6 is 0 Å². The van der Waals surface area contributed by atoms with Gasteiger partial charge >= 0.3 is 0 Å². The highest BCUT2D eigenvalue weighted by atomic mass is 15.3. The van der Waals surface area contributed by atoms with Crippen LogP contribution in [0.1, 0.15) is 142 Å². The molecule has 584 valence electrons. The molecule has 2 aliphatic carbocycles. The molecule has 23 rings (SSSR count). The number of unbranched alkanes of at least 4 members (excludes halogenated alkanes) is 3. The highest BCUT2D eigenvalue weighted by Gasteiger charge is 2.59. The van der Waals surface area contributed by atoms with E-state index in [-0.39, 0.29) is 27.3 Å². The maximum atomic E-state index is 2.71. The predicted octanol–water partition coefficient (Wildman–Crippen LogP) is 32.7. The lowest BCUT2D eigenvalue weighted by molar-refractivity contribution is 0.195. The van der Waals surface area contributed by atoms with Gasteiger partial charge in [0.1, 0.15) is 0 Å². The summed E-state index contributed by atoms with van der Waals surface area (Å²) in [5.74, 6) is 0. The Morgan fingerprint density at radius 2 is 0.600 bits per heavy atom. The van der Waals surface area contributed by atoms with Crippen molar-refractivity contribution >= 4 is 110 Å². The second-order valence-electron chi connectivity index (χ2n) is 37.1. The SMILES string of the molecule is CCCCCCC1(C)CN(c2ccccc2)c2ccc(-c3cccc4c(-c5cc(-c6cccc7c(-c8ccc9c(c8)C8(C)CCCCC8(C)N9c8ccccc8)cccc67)c6ccc7c(-c8cccc9c(-c%10ccc%11c(c%10)C%10(C)CCCCC%10(C)N%11c%10ccccc%10)cccc89)cc(-c8cccc9ccccc89)c8ccc5c6c87)cccc34)cc21. The standard InChI is InChI=1S/C117H101N3/c1-7-8-9-21-65-113(2)75-118(80-35-13-10-14-36-80)108-62-55-77(70-105(108)113)84-42-27-49-91-87(84)46-30-53-95(91)103-74-104(96-54-32-48-89-86(44-29-51-93(89)96)79-57-64-110-107(72-79)115(4)67-23-25-69-117(115,6)120(110)82-39-17-12-18-40-82)100-61-60-98-102(73-101(97-58-59-99(103)112(100)111(97)98)90-45-26-34-76-33-19-20-41-83(76)90)94-52-31-47-88-85(43-28-50-92(88)94)78-56-63-109-106(71-78)114(3)66-22-24-68-116(114,5)119(109)81-37-15-11-16-38-81/h10-20,26-64,70-74H,7-9,21-25,65-69,75H2,1-6H3. The summed E-state index contributed by atoms with van der Waals surface area (Å²) < 4.78 is 0. The van der Waals surface area contributed by atoms with Gasteiger partial charge in [0.05, 0.1) is 11.1 Å². The topological polar surface area (TPSA) is 9.72 Å². The van der Waals surface area contributed by atoms with Crippen molar-refractivity contribution in [2.45, 2.75) is 152 Å². The number of rotatable bonds is 15. The molecule has 0 bridgehead atoms. The van der Waals surface area contributed by atoms with Crippen molar-refractivity contribution in [3.05, 3.63) is 350 Å². The van der Waals surface area contributed by atoms with E-state index < -0.39 is 0 Å². The Morgan fingerprint density at radius 1 is 0.258 bits per heavy atom. The second-order valence-corrected chi connectivity index (χ2v) is 37.1. The zero-order valence-corrected chi connectivity index (χ0v) is 70.0. The van der Waals surface area contributed by atoms with Crippen LogP contribution in [0.4, 0.5) is 34.1 Å². The van der Waals surface area contributed by atoms with E-state index in [1.165, 1.54) is 262 Å². The van der Waals surface area contributed by atoms with Crippen LogP contribution < -0.4 is 14.7 Å². The van der Waals surface area contributed by atoms with E-state index in [9.17, 15) is 0 Å². The smallest absolute Gasteiger partial charge is 0.0517 e. The van der Waals surface area contributed by atoms with Crippen LogP contribution in [0.25, 0.3) is 153 Å². The van der Waals surface area contributed by atoms with Crippen molar-refractivity contribution < 1.29 is 0 Å². The maximum absolute atomic E-state index is 2.71. The average molecular weight is 1550 g/mol. The van der Waals surface area contributed by atoms with Crippen molar-refractivity contribution in [2.75, 3.05) is 21.2 Å². The molecule has 5 unspecified atom stereocenters. The molecule has 3 heteroatoms. The molecule has 5 aliphatic rings. The van der Waals surface area contributed by atoms with Crippen molar-refractivity contribution in [2.24, 2.45) is 0 Å². The first kappa shape index (κ1) is 72.7. The molecule has 18 aromatic rings. The van der Waals surface area contributed by atoms with Gasteiger partial charge in [-0.1, -0.05) is 328 Å². The van der Waals surface area contributed by atoms with Gasteiger partial charge in [0.2, 0.25) is 0 Å². The molecule has 0 spiro atoms. The van der Waals surface area contributed by atoms with Crippen LogP contribution in [-0.4, -0.2) is 17.6 Å². The fraction of sp³-hybridized carbons (Fsp3) is 0.214. The molecule has 18 aromatic carbocycles. The van der Waals surface area contributed by atoms with E-state index in [1.807, 2.05) is 0 Å². The molecule has 0 saturated heterocycles.